The van der Waals surface area contributed by atoms with E-state index >= 15 is 0 Å². The predicted octanol–water partition coefficient (Wildman–Crippen LogP) is 1.59. The molecule has 0 saturated carbocycles. The molecule has 1 rings (SSSR count). The molecule has 11 heavy (non-hydrogen) atoms. The van der Waals surface area contributed by atoms with Gasteiger partial charge in [-0.15, -0.1) is 0 Å². The van der Waals surface area contributed by atoms with E-state index in [2.05, 4.69) is 0 Å². The van der Waals surface area contributed by atoms with Crippen LogP contribution in [-0.2, 0) is 0 Å². The molecule has 0 radical (unpaired) electrons. The van der Waals surface area contributed by atoms with Gasteiger partial charge in [-0.25, -0.2) is 0 Å². The molecule has 58 valence electrons. The fourth-order valence-corrected chi connectivity index (χ4v) is 0.946. The Morgan fingerprint density at radius 1 is 1.36 bits per heavy atom. The molecule has 0 bridgehead atoms. The molecule has 0 spiro atoms. The first kappa shape index (κ1) is 7.66. The average Bonchev–Trinajstić information content (AvgIpc) is 2.04. The maximum atomic E-state index is 5.70. The molecule has 0 aliphatic rings. The van der Waals surface area contributed by atoms with Gasteiger partial charge in [0.1, 0.15) is 0 Å². The van der Waals surface area contributed by atoms with Crippen LogP contribution in [0.15, 0.2) is 30.5 Å². The van der Waals surface area contributed by atoms with E-state index in [1.165, 1.54) is 0 Å². The van der Waals surface area contributed by atoms with Gasteiger partial charge in [0.15, 0.2) is 0 Å². The first-order valence-electron chi connectivity index (χ1n) is 3.49. The number of rotatable bonds is 1. The molecule has 1 aromatic carbocycles. The second-order valence-electron chi connectivity index (χ2n) is 2.44. The molecule has 1 aromatic rings. The highest BCUT2D eigenvalue weighted by atomic mass is 14.6. The highest BCUT2D eigenvalue weighted by Gasteiger charge is 1.97. The lowest BCUT2D eigenvalue weighted by molar-refractivity contribution is 1.50. The number of hydrogen-bond acceptors (Lipinski definition) is 2. The van der Waals surface area contributed by atoms with Crippen LogP contribution in [0.1, 0.15) is 12.5 Å². The van der Waals surface area contributed by atoms with Gasteiger partial charge in [-0.3, -0.25) is 0 Å². The number of nitrogens with two attached hydrogens (primary N) is 2. The SMILES string of the molecule is C/C(=C/N)c1ccccc1N. The summed E-state index contributed by atoms with van der Waals surface area (Å²) >= 11 is 0. The van der Waals surface area contributed by atoms with Crippen molar-refractivity contribution in [2.45, 2.75) is 6.92 Å². The molecule has 0 heterocycles. The lowest BCUT2D eigenvalue weighted by Crippen LogP contribution is -1.92. The van der Waals surface area contributed by atoms with E-state index in [0.717, 1.165) is 16.8 Å². The number of hydrogen-bond donors (Lipinski definition) is 2. The van der Waals surface area contributed by atoms with E-state index in [1.54, 1.807) is 6.20 Å². The Morgan fingerprint density at radius 3 is 2.55 bits per heavy atom. The zero-order chi connectivity index (χ0) is 8.27. The topological polar surface area (TPSA) is 52.0 Å². The summed E-state index contributed by atoms with van der Waals surface area (Å²) in [7, 11) is 0. The van der Waals surface area contributed by atoms with Gasteiger partial charge in [-0.05, 0) is 24.8 Å². The minimum atomic E-state index is 0.770. The van der Waals surface area contributed by atoms with Gasteiger partial charge in [0.05, 0.1) is 0 Å². The molecule has 2 nitrogen and oxygen atoms in total. The predicted molar refractivity (Wildman–Crippen MR) is 48.7 cm³/mol. The van der Waals surface area contributed by atoms with Crippen LogP contribution in [-0.4, -0.2) is 0 Å². The molecule has 0 atom stereocenters. The van der Waals surface area contributed by atoms with Crippen molar-refractivity contribution < 1.29 is 0 Å². The highest BCUT2D eigenvalue weighted by molar-refractivity contribution is 5.73. The van der Waals surface area contributed by atoms with Gasteiger partial charge in [0.25, 0.3) is 0 Å². The summed E-state index contributed by atoms with van der Waals surface area (Å²) in [5.41, 5.74) is 13.8. The van der Waals surface area contributed by atoms with Gasteiger partial charge < -0.3 is 11.5 Å². The minimum Gasteiger partial charge on any atom is -0.404 e. The van der Waals surface area contributed by atoms with E-state index in [1.807, 2.05) is 31.2 Å². The van der Waals surface area contributed by atoms with Crippen molar-refractivity contribution in [3.63, 3.8) is 0 Å². The summed E-state index contributed by atoms with van der Waals surface area (Å²) in [5.74, 6) is 0. The fourth-order valence-electron chi connectivity index (χ4n) is 0.946. The molecule has 0 aliphatic carbocycles. The average molecular weight is 148 g/mol. The van der Waals surface area contributed by atoms with Crippen molar-refractivity contribution in [3.8, 4) is 0 Å². The smallest absolute Gasteiger partial charge is 0.0390 e. The summed E-state index contributed by atoms with van der Waals surface area (Å²) in [6.45, 7) is 1.94. The van der Waals surface area contributed by atoms with Crippen LogP contribution < -0.4 is 11.5 Å². The van der Waals surface area contributed by atoms with Gasteiger partial charge in [-0.1, -0.05) is 18.2 Å². The monoisotopic (exact) mass is 148 g/mol. The molecule has 0 unspecified atom stereocenters. The molecule has 4 N–H and O–H groups in total. The number of allylic oxidation sites excluding steroid dienone is 1. The van der Waals surface area contributed by atoms with E-state index in [-0.39, 0.29) is 0 Å². The second-order valence-corrected chi connectivity index (χ2v) is 2.44. The maximum Gasteiger partial charge on any atom is 0.0390 e. The third kappa shape index (κ3) is 1.52. The van der Waals surface area contributed by atoms with Gasteiger partial charge in [0.2, 0.25) is 0 Å². The van der Waals surface area contributed by atoms with E-state index in [9.17, 15) is 0 Å². The first-order valence-corrected chi connectivity index (χ1v) is 3.49. The summed E-state index contributed by atoms with van der Waals surface area (Å²) < 4.78 is 0. The van der Waals surface area contributed by atoms with Crippen molar-refractivity contribution in [1.82, 2.24) is 0 Å². The van der Waals surface area contributed by atoms with Gasteiger partial charge in [-0.2, -0.15) is 0 Å². The fraction of sp³-hybridized carbons (Fsp3) is 0.111. The van der Waals surface area contributed by atoms with E-state index in [4.69, 9.17) is 11.5 Å². The molecule has 0 amide bonds. The number of anilines is 1. The van der Waals surface area contributed by atoms with E-state index in [0.29, 0.717) is 0 Å². The van der Waals surface area contributed by atoms with Crippen molar-refractivity contribution >= 4 is 11.3 Å². The summed E-state index contributed by atoms with van der Waals surface area (Å²) in [6, 6.07) is 7.66. The summed E-state index contributed by atoms with van der Waals surface area (Å²) in [4.78, 5) is 0. The van der Waals surface area contributed by atoms with Gasteiger partial charge >= 0.3 is 0 Å². The van der Waals surface area contributed by atoms with Crippen LogP contribution in [0.5, 0.6) is 0 Å². The van der Waals surface area contributed by atoms with E-state index < -0.39 is 0 Å². The number of para-hydroxylation sites is 1. The molecule has 0 aliphatic heterocycles. The molecule has 0 aromatic heterocycles. The lowest BCUT2D eigenvalue weighted by atomic mass is 10.1. The van der Waals surface area contributed by atoms with Crippen LogP contribution >= 0.6 is 0 Å². The Kier molecular flexibility index (Phi) is 2.16. The first-order chi connectivity index (χ1) is 5.25. The highest BCUT2D eigenvalue weighted by Crippen LogP contribution is 2.18. The number of nitrogen functional groups attached to an aromatic ring is 1. The van der Waals surface area contributed by atoms with Crippen LogP contribution in [0.4, 0.5) is 5.69 Å². The quantitative estimate of drug-likeness (QED) is 0.594. The molecule has 0 saturated heterocycles. The van der Waals surface area contributed by atoms with Crippen molar-refractivity contribution in [2.75, 3.05) is 5.73 Å². The molecular formula is C9H12N2. The Morgan fingerprint density at radius 2 is 2.00 bits per heavy atom. The summed E-state index contributed by atoms with van der Waals surface area (Å²) in [5, 5.41) is 0. The normalized spacial score (nSPS) is 11.5. The Labute approximate surface area is 66.5 Å². The standard InChI is InChI=1S/C9H12N2/c1-7(6-10)8-4-2-3-5-9(8)11/h2-6H,10-11H2,1H3/b7-6-. The summed E-state index contributed by atoms with van der Waals surface area (Å²) in [6.07, 6.45) is 1.56. The molecular weight excluding hydrogens is 136 g/mol. The van der Waals surface area contributed by atoms with Crippen LogP contribution in [0.3, 0.4) is 0 Å². The molecule has 0 fully saturated rings. The minimum absolute atomic E-state index is 0.770. The second kappa shape index (κ2) is 3.10. The molecule has 2 heteroatoms. The van der Waals surface area contributed by atoms with Crippen molar-refractivity contribution in [3.05, 3.63) is 36.0 Å². The Bertz CT molecular complexity index is 277. The Balaban J connectivity index is 3.14. The zero-order valence-corrected chi connectivity index (χ0v) is 6.54. The third-order valence-corrected chi connectivity index (χ3v) is 1.64. The number of benzene rings is 1. The Hall–Kier alpha value is -1.44. The lowest BCUT2D eigenvalue weighted by Gasteiger charge is -2.03. The van der Waals surface area contributed by atoms with Crippen LogP contribution in [0.2, 0.25) is 0 Å². The largest absolute Gasteiger partial charge is 0.404 e. The van der Waals surface area contributed by atoms with Gasteiger partial charge in [0, 0.05) is 11.3 Å². The van der Waals surface area contributed by atoms with Crippen molar-refractivity contribution in [1.29, 1.82) is 0 Å². The maximum absolute atomic E-state index is 5.70. The zero-order valence-electron chi connectivity index (χ0n) is 6.54. The van der Waals surface area contributed by atoms with Crippen LogP contribution in [0, 0.1) is 0 Å². The third-order valence-electron chi connectivity index (χ3n) is 1.64. The van der Waals surface area contributed by atoms with Crippen molar-refractivity contribution in [2.24, 2.45) is 5.73 Å². The van der Waals surface area contributed by atoms with Crippen LogP contribution in [0.25, 0.3) is 5.57 Å².